The van der Waals surface area contributed by atoms with Crippen molar-refractivity contribution in [2.24, 2.45) is 0 Å². The second-order valence-corrected chi connectivity index (χ2v) is 5.77. The Morgan fingerprint density at radius 3 is 2.26 bits per heavy atom. The maximum Gasteiger partial charge on any atom is 0.129 e. The van der Waals surface area contributed by atoms with Gasteiger partial charge in [-0.25, -0.2) is 8.78 Å². The zero-order valence-corrected chi connectivity index (χ0v) is 12.6. The highest BCUT2D eigenvalue weighted by atomic mass is 19.1. The number of benzene rings is 1. The van der Waals surface area contributed by atoms with E-state index in [0.29, 0.717) is 5.56 Å². The third-order valence-corrected chi connectivity index (χ3v) is 3.54. The molecule has 0 spiro atoms. The molecule has 1 fully saturated rings. The second kappa shape index (κ2) is 6.47. The highest BCUT2D eigenvalue weighted by Crippen LogP contribution is 2.32. The lowest BCUT2D eigenvalue weighted by Gasteiger charge is -2.31. The van der Waals surface area contributed by atoms with Crippen LogP contribution in [0.25, 0.3) is 0 Å². The van der Waals surface area contributed by atoms with E-state index in [-0.39, 0.29) is 11.5 Å². The van der Waals surface area contributed by atoms with Crippen LogP contribution in [0.2, 0.25) is 0 Å². The third kappa shape index (κ3) is 4.00. The number of nitrogens with zero attached hydrogens (tertiary/aromatic N) is 1. The molecule has 1 aromatic rings. The van der Waals surface area contributed by atoms with Crippen LogP contribution in [0.5, 0.6) is 0 Å². The Kier molecular flexibility index (Phi) is 5.48. The quantitative estimate of drug-likeness (QED) is 0.721. The van der Waals surface area contributed by atoms with Crippen molar-refractivity contribution >= 4 is 0 Å². The van der Waals surface area contributed by atoms with Gasteiger partial charge in [0.1, 0.15) is 11.6 Å². The summed E-state index contributed by atoms with van der Waals surface area (Å²) in [5, 5.41) is 0. The first-order valence-corrected chi connectivity index (χ1v) is 7.08. The van der Waals surface area contributed by atoms with Crippen LogP contribution in [-0.4, -0.2) is 23.5 Å². The average molecular weight is 269 g/mol. The van der Waals surface area contributed by atoms with E-state index in [2.05, 4.69) is 25.7 Å². The van der Waals surface area contributed by atoms with Crippen molar-refractivity contribution in [2.75, 3.05) is 13.1 Å². The standard InChI is InChI=1S/C14H19F2N.C2H6/c1-14(2,3)17-7-6-10(9-17)12-5-4-11(15)8-13(12)16;1-2/h4-5,8,10H,6-7,9H2,1-3H3;1-2H3. The maximum absolute atomic E-state index is 13.7. The van der Waals surface area contributed by atoms with Crippen molar-refractivity contribution in [1.82, 2.24) is 4.90 Å². The minimum Gasteiger partial charge on any atom is -0.298 e. The highest BCUT2D eigenvalue weighted by molar-refractivity contribution is 5.24. The summed E-state index contributed by atoms with van der Waals surface area (Å²) in [6.45, 7) is 12.3. The molecule has 1 aliphatic rings. The van der Waals surface area contributed by atoms with E-state index in [9.17, 15) is 8.78 Å². The van der Waals surface area contributed by atoms with Gasteiger partial charge in [-0.1, -0.05) is 19.9 Å². The Balaban J connectivity index is 0.000000861. The Labute approximate surface area is 115 Å². The van der Waals surface area contributed by atoms with Gasteiger partial charge in [0.05, 0.1) is 0 Å². The van der Waals surface area contributed by atoms with Gasteiger partial charge in [0.15, 0.2) is 0 Å². The molecular formula is C16H25F2N. The number of rotatable bonds is 1. The van der Waals surface area contributed by atoms with Crippen molar-refractivity contribution in [1.29, 1.82) is 0 Å². The van der Waals surface area contributed by atoms with Crippen LogP contribution in [0.4, 0.5) is 8.78 Å². The molecule has 1 nitrogen and oxygen atoms in total. The second-order valence-electron chi connectivity index (χ2n) is 5.77. The van der Waals surface area contributed by atoms with E-state index in [1.54, 1.807) is 6.07 Å². The molecule has 1 heterocycles. The van der Waals surface area contributed by atoms with Gasteiger partial charge in [-0.15, -0.1) is 0 Å². The van der Waals surface area contributed by atoms with Gasteiger partial charge in [-0.3, -0.25) is 4.90 Å². The minimum atomic E-state index is -0.503. The zero-order valence-electron chi connectivity index (χ0n) is 12.6. The minimum absolute atomic E-state index is 0.116. The molecule has 2 rings (SSSR count). The molecule has 108 valence electrons. The summed E-state index contributed by atoms with van der Waals surface area (Å²) in [5.74, 6) is -0.725. The number of hydrogen-bond donors (Lipinski definition) is 0. The van der Waals surface area contributed by atoms with Crippen LogP contribution in [0.3, 0.4) is 0 Å². The molecule has 1 aromatic carbocycles. The van der Waals surface area contributed by atoms with Gasteiger partial charge in [-0.2, -0.15) is 0 Å². The monoisotopic (exact) mass is 269 g/mol. The Morgan fingerprint density at radius 2 is 1.79 bits per heavy atom. The van der Waals surface area contributed by atoms with E-state index >= 15 is 0 Å². The number of hydrogen-bond acceptors (Lipinski definition) is 1. The molecule has 1 unspecified atom stereocenters. The SMILES string of the molecule is CC.CC(C)(C)N1CCC(c2ccc(F)cc2F)C1. The summed E-state index contributed by atoms with van der Waals surface area (Å²) in [5.41, 5.74) is 0.767. The average Bonchev–Trinajstić information content (AvgIpc) is 2.80. The molecule has 0 N–H and O–H groups in total. The molecule has 0 aromatic heterocycles. The van der Waals surface area contributed by atoms with Gasteiger partial charge < -0.3 is 0 Å². The van der Waals surface area contributed by atoms with Gasteiger partial charge in [0.2, 0.25) is 0 Å². The van der Waals surface area contributed by atoms with E-state index in [1.165, 1.54) is 6.07 Å². The molecule has 0 aliphatic carbocycles. The van der Waals surface area contributed by atoms with Crippen LogP contribution in [0, 0.1) is 11.6 Å². The fourth-order valence-corrected chi connectivity index (χ4v) is 2.46. The smallest absolute Gasteiger partial charge is 0.129 e. The largest absolute Gasteiger partial charge is 0.298 e. The van der Waals surface area contributed by atoms with Gasteiger partial charge in [0.25, 0.3) is 0 Å². The first-order chi connectivity index (χ1) is 8.88. The Morgan fingerprint density at radius 1 is 1.16 bits per heavy atom. The van der Waals surface area contributed by atoms with Crippen molar-refractivity contribution < 1.29 is 8.78 Å². The lowest BCUT2D eigenvalue weighted by atomic mass is 9.97. The lowest BCUT2D eigenvalue weighted by Crippen LogP contribution is -2.39. The summed E-state index contributed by atoms with van der Waals surface area (Å²) in [6, 6.07) is 3.91. The lowest BCUT2D eigenvalue weighted by molar-refractivity contribution is 0.172. The Hall–Kier alpha value is -0.960. The maximum atomic E-state index is 13.7. The van der Waals surface area contributed by atoms with E-state index < -0.39 is 11.6 Å². The van der Waals surface area contributed by atoms with E-state index in [1.807, 2.05) is 13.8 Å². The molecule has 19 heavy (non-hydrogen) atoms. The molecule has 1 atom stereocenters. The van der Waals surface area contributed by atoms with Crippen LogP contribution in [0.15, 0.2) is 18.2 Å². The molecule has 1 aliphatic heterocycles. The van der Waals surface area contributed by atoms with E-state index in [0.717, 1.165) is 25.6 Å². The third-order valence-electron chi connectivity index (χ3n) is 3.54. The molecule has 1 saturated heterocycles. The fourth-order valence-electron chi connectivity index (χ4n) is 2.46. The van der Waals surface area contributed by atoms with E-state index in [4.69, 9.17) is 0 Å². The molecule has 0 saturated carbocycles. The topological polar surface area (TPSA) is 3.24 Å². The van der Waals surface area contributed by atoms with Crippen LogP contribution in [-0.2, 0) is 0 Å². The van der Waals surface area contributed by atoms with Crippen molar-refractivity contribution in [3.05, 3.63) is 35.4 Å². The summed E-state index contributed by atoms with van der Waals surface area (Å²) in [7, 11) is 0. The van der Waals surface area contributed by atoms with Gasteiger partial charge in [0, 0.05) is 24.1 Å². The van der Waals surface area contributed by atoms with Crippen molar-refractivity contribution in [3.63, 3.8) is 0 Å². The van der Waals surface area contributed by atoms with Crippen LogP contribution in [0.1, 0.15) is 52.5 Å². The van der Waals surface area contributed by atoms with Crippen LogP contribution >= 0.6 is 0 Å². The predicted molar refractivity (Wildman–Crippen MR) is 76.4 cm³/mol. The number of likely N-dealkylation sites (tertiary alicyclic amines) is 1. The summed E-state index contributed by atoms with van der Waals surface area (Å²) in [4.78, 5) is 2.35. The molecular weight excluding hydrogens is 244 g/mol. The van der Waals surface area contributed by atoms with Gasteiger partial charge >= 0.3 is 0 Å². The fraction of sp³-hybridized carbons (Fsp3) is 0.625. The predicted octanol–water partition coefficient (Wildman–Crippen LogP) is 4.58. The van der Waals surface area contributed by atoms with Crippen molar-refractivity contribution in [2.45, 2.75) is 52.5 Å². The first kappa shape index (κ1) is 16.1. The molecule has 3 heteroatoms. The molecule has 0 amide bonds. The highest BCUT2D eigenvalue weighted by Gasteiger charge is 2.32. The zero-order chi connectivity index (χ0) is 14.6. The number of halogens is 2. The molecule has 0 bridgehead atoms. The summed E-state index contributed by atoms with van der Waals surface area (Å²) in [6.07, 6.45) is 0.944. The van der Waals surface area contributed by atoms with Crippen LogP contribution < -0.4 is 0 Å². The normalized spacial score (nSPS) is 20.1. The van der Waals surface area contributed by atoms with Gasteiger partial charge in [-0.05, 0) is 45.4 Å². The summed E-state index contributed by atoms with van der Waals surface area (Å²) < 4.78 is 26.5. The Bertz CT molecular complexity index is 410. The molecule has 0 radical (unpaired) electrons. The first-order valence-electron chi connectivity index (χ1n) is 7.08. The van der Waals surface area contributed by atoms with Crippen molar-refractivity contribution in [3.8, 4) is 0 Å². The summed E-state index contributed by atoms with van der Waals surface area (Å²) >= 11 is 0.